The summed E-state index contributed by atoms with van der Waals surface area (Å²) in [5.41, 5.74) is 0.0429. The molecule has 0 atom stereocenters. The van der Waals surface area contributed by atoms with Crippen LogP contribution in [0.3, 0.4) is 0 Å². The van der Waals surface area contributed by atoms with Crippen molar-refractivity contribution in [3.63, 3.8) is 0 Å². The standard InChI is InChI=1S/C20H33N/c1-21-20(17-11-5-2-6-12-17,18-13-7-3-8-14-18)19-15-9-4-10-16-19/h17-19H,2-16H2. The maximum atomic E-state index is 8.24. The molecule has 0 amide bonds. The molecule has 0 heterocycles. The Hall–Kier alpha value is -0.510. The predicted molar refractivity (Wildman–Crippen MR) is 89.1 cm³/mol. The first-order valence-electron chi connectivity index (χ1n) is 9.76. The van der Waals surface area contributed by atoms with Crippen molar-refractivity contribution in [3.05, 3.63) is 11.4 Å². The molecule has 0 N–H and O–H groups in total. The van der Waals surface area contributed by atoms with Crippen LogP contribution >= 0.6 is 0 Å². The summed E-state index contributed by atoms with van der Waals surface area (Å²) in [5.74, 6) is 2.19. The molecule has 3 aliphatic carbocycles. The molecule has 0 aromatic heterocycles. The van der Waals surface area contributed by atoms with Crippen molar-refractivity contribution in [2.45, 2.75) is 102 Å². The molecule has 0 unspecified atom stereocenters. The highest BCUT2D eigenvalue weighted by Crippen LogP contribution is 2.52. The number of hydrogen-bond acceptors (Lipinski definition) is 0. The SMILES string of the molecule is [C-]#[N+]C(C1CCCCC1)(C1CCCCC1)C1CCCCC1. The van der Waals surface area contributed by atoms with Gasteiger partial charge < -0.3 is 4.85 Å². The summed E-state index contributed by atoms with van der Waals surface area (Å²) in [5, 5.41) is 0. The molecule has 3 fully saturated rings. The Labute approximate surface area is 131 Å². The lowest BCUT2D eigenvalue weighted by atomic mass is 9.57. The van der Waals surface area contributed by atoms with Gasteiger partial charge in [0.1, 0.15) is 0 Å². The Morgan fingerprint density at radius 2 is 0.810 bits per heavy atom. The minimum Gasteiger partial charge on any atom is -0.309 e. The average Bonchev–Trinajstić information content (AvgIpc) is 2.59. The molecule has 1 heteroatoms. The monoisotopic (exact) mass is 287 g/mol. The van der Waals surface area contributed by atoms with Gasteiger partial charge in [-0.2, -0.15) is 0 Å². The van der Waals surface area contributed by atoms with E-state index in [0.717, 1.165) is 17.8 Å². The van der Waals surface area contributed by atoms with Crippen molar-refractivity contribution in [1.82, 2.24) is 0 Å². The summed E-state index contributed by atoms with van der Waals surface area (Å²) in [6, 6.07) is 0. The van der Waals surface area contributed by atoms with Gasteiger partial charge in [0.05, 0.1) is 0 Å². The molecule has 118 valence electrons. The van der Waals surface area contributed by atoms with Crippen molar-refractivity contribution in [1.29, 1.82) is 0 Å². The number of nitrogens with zero attached hydrogens (tertiary/aromatic N) is 1. The molecule has 0 aromatic rings. The first-order chi connectivity index (χ1) is 10.4. The predicted octanol–water partition coefficient (Wildman–Crippen LogP) is 6.39. The lowest BCUT2D eigenvalue weighted by Gasteiger charge is -2.45. The van der Waals surface area contributed by atoms with Crippen LogP contribution in [0.2, 0.25) is 0 Å². The summed E-state index contributed by atoms with van der Waals surface area (Å²) < 4.78 is 0. The second-order valence-electron chi connectivity index (χ2n) is 8.00. The Bertz CT molecular complexity index is 303. The van der Waals surface area contributed by atoms with Gasteiger partial charge in [0, 0.05) is 17.8 Å². The zero-order valence-corrected chi connectivity index (χ0v) is 13.8. The summed E-state index contributed by atoms with van der Waals surface area (Å²) in [4.78, 5) is 4.54. The fourth-order valence-electron chi connectivity index (χ4n) is 5.97. The average molecular weight is 287 g/mol. The molecule has 0 saturated heterocycles. The van der Waals surface area contributed by atoms with Gasteiger partial charge >= 0.3 is 0 Å². The van der Waals surface area contributed by atoms with Gasteiger partial charge in [-0.15, -0.1) is 0 Å². The van der Waals surface area contributed by atoms with Crippen molar-refractivity contribution < 1.29 is 0 Å². The lowest BCUT2D eigenvalue weighted by molar-refractivity contribution is 0.0640. The van der Waals surface area contributed by atoms with Crippen LogP contribution < -0.4 is 0 Å². The third kappa shape index (κ3) is 3.01. The maximum absolute atomic E-state index is 8.24. The molecular formula is C20H33N. The van der Waals surface area contributed by atoms with Crippen LogP contribution in [0, 0.1) is 24.3 Å². The fraction of sp³-hybridized carbons (Fsp3) is 0.950. The van der Waals surface area contributed by atoms with Gasteiger partial charge in [0.25, 0.3) is 0 Å². The van der Waals surface area contributed by atoms with E-state index in [9.17, 15) is 0 Å². The Morgan fingerprint density at radius 3 is 1.05 bits per heavy atom. The maximum Gasteiger partial charge on any atom is 0.240 e. The van der Waals surface area contributed by atoms with Crippen LogP contribution in [0.4, 0.5) is 0 Å². The van der Waals surface area contributed by atoms with E-state index in [2.05, 4.69) is 4.85 Å². The number of hydrogen-bond donors (Lipinski definition) is 0. The van der Waals surface area contributed by atoms with E-state index in [1.54, 1.807) is 0 Å². The highest BCUT2D eigenvalue weighted by atomic mass is 14.9. The summed E-state index contributed by atoms with van der Waals surface area (Å²) in [6.07, 6.45) is 20.7. The Balaban J connectivity index is 1.88. The van der Waals surface area contributed by atoms with Gasteiger partial charge in [0.2, 0.25) is 5.54 Å². The van der Waals surface area contributed by atoms with E-state index in [0.29, 0.717) is 0 Å². The van der Waals surface area contributed by atoms with Gasteiger partial charge in [-0.25, -0.2) is 6.57 Å². The van der Waals surface area contributed by atoms with E-state index in [4.69, 9.17) is 6.57 Å². The van der Waals surface area contributed by atoms with Crippen molar-refractivity contribution in [2.75, 3.05) is 0 Å². The zero-order chi connectivity index (χ0) is 14.5. The summed E-state index contributed by atoms with van der Waals surface area (Å²) in [6.45, 7) is 8.24. The normalized spacial score (nSPS) is 27.4. The number of rotatable bonds is 3. The molecule has 0 spiro atoms. The van der Waals surface area contributed by atoms with Gasteiger partial charge in [-0.05, 0) is 38.5 Å². The first-order valence-corrected chi connectivity index (χ1v) is 9.76. The van der Waals surface area contributed by atoms with E-state index in [1.807, 2.05) is 0 Å². The van der Waals surface area contributed by atoms with E-state index in [-0.39, 0.29) is 5.54 Å². The minimum absolute atomic E-state index is 0.0429. The third-order valence-corrected chi connectivity index (χ3v) is 6.97. The van der Waals surface area contributed by atoms with Crippen LogP contribution in [0.25, 0.3) is 4.85 Å². The van der Waals surface area contributed by atoms with Crippen molar-refractivity contribution in [2.24, 2.45) is 17.8 Å². The molecule has 3 rings (SSSR count). The van der Waals surface area contributed by atoms with Crippen LogP contribution in [-0.2, 0) is 0 Å². The van der Waals surface area contributed by atoms with E-state index < -0.39 is 0 Å². The Morgan fingerprint density at radius 1 is 0.524 bits per heavy atom. The van der Waals surface area contributed by atoms with Crippen LogP contribution in [0.1, 0.15) is 96.3 Å². The molecule has 0 aliphatic heterocycles. The molecule has 3 aliphatic rings. The second-order valence-corrected chi connectivity index (χ2v) is 8.00. The van der Waals surface area contributed by atoms with Gasteiger partial charge in [0.15, 0.2) is 0 Å². The molecule has 0 bridgehead atoms. The van der Waals surface area contributed by atoms with Gasteiger partial charge in [-0.1, -0.05) is 57.8 Å². The molecule has 3 saturated carbocycles. The second kappa shape index (κ2) is 7.17. The van der Waals surface area contributed by atoms with Crippen molar-refractivity contribution in [3.8, 4) is 0 Å². The molecule has 21 heavy (non-hydrogen) atoms. The summed E-state index contributed by atoms with van der Waals surface area (Å²) >= 11 is 0. The van der Waals surface area contributed by atoms with Gasteiger partial charge in [-0.3, -0.25) is 0 Å². The van der Waals surface area contributed by atoms with Crippen LogP contribution in [0.15, 0.2) is 0 Å². The molecule has 0 aromatic carbocycles. The quantitative estimate of drug-likeness (QED) is 0.530. The van der Waals surface area contributed by atoms with Crippen molar-refractivity contribution >= 4 is 0 Å². The highest BCUT2D eigenvalue weighted by Gasteiger charge is 2.56. The summed E-state index contributed by atoms with van der Waals surface area (Å²) in [7, 11) is 0. The van der Waals surface area contributed by atoms with E-state index in [1.165, 1.54) is 96.3 Å². The fourth-order valence-corrected chi connectivity index (χ4v) is 5.97. The highest BCUT2D eigenvalue weighted by molar-refractivity contribution is 5.12. The molecule has 1 nitrogen and oxygen atoms in total. The molecule has 0 radical (unpaired) electrons. The zero-order valence-electron chi connectivity index (χ0n) is 13.8. The lowest BCUT2D eigenvalue weighted by Crippen LogP contribution is -2.50. The third-order valence-electron chi connectivity index (χ3n) is 6.97. The first kappa shape index (κ1) is 15.4. The van der Waals surface area contributed by atoms with E-state index >= 15 is 0 Å². The topological polar surface area (TPSA) is 4.36 Å². The minimum atomic E-state index is 0.0429. The van der Waals surface area contributed by atoms with Crippen LogP contribution in [-0.4, -0.2) is 5.54 Å². The largest absolute Gasteiger partial charge is 0.309 e. The Kier molecular flexibility index (Phi) is 5.25. The molecular weight excluding hydrogens is 254 g/mol. The van der Waals surface area contributed by atoms with Crippen LogP contribution in [0.5, 0.6) is 0 Å². The smallest absolute Gasteiger partial charge is 0.240 e.